The maximum Gasteiger partial charge on any atom is 0.242 e. The number of H-pyrrole nitrogens is 1. The molecular formula is C21H25N7OS. The lowest BCUT2D eigenvalue weighted by atomic mass is 10.1. The molecule has 3 aromatic heterocycles. The van der Waals surface area contributed by atoms with Gasteiger partial charge in [0.15, 0.2) is 11.6 Å². The SMILES string of the molecule is CNC(=O)[C@@H]1[C@H]2C[C@@]2(C)CN1c1nc(Nc2cc(C3CC3)[nH]n2)c2sc(C)cc2n1. The molecule has 1 amide bonds. The van der Waals surface area contributed by atoms with E-state index in [0.29, 0.717) is 17.8 Å². The molecule has 0 spiro atoms. The van der Waals surface area contributed by atoms with E-state index in [4.69, 9.17) is 9.97 Å². The van der Waals surface area contributed by atoms with Crippen LogP contribution < -0.4 is 15.5 Å². The highest BCUT2D eigenvalue weighted by Gasteiger charge is 2.64. The summed E-state index contributed by atoms with van der Waals surface area (Å²) in [6.07, 6.45) is 3.54. The molecule has 30 heavy (non-hydrogen) atoms. The normalized spacial score (nSPS) is 27.4. The number of hydrogen-bond acceptors (Lipinski definition) is 7. The molecule has 156 valence electrons. The third-order valence-corrected chi connectivity index (χ3v) is 7.83. The van der Waals surface area contributed by atoms with Gasteiger partial charge in [0, 0.05) is 36.1 Å². The molecule has 0 aromatic carbocycles. The molecule has 1 saturated heterocycles. The number of carbonyl (C=O) groups is 1. The van der Waals surface area contributed by atoms with Crippen LogP contribution in [0.3, 0.4) is 0 Å². The number of fused-ring (bicyclic) bond motifs is 2. The fourth-order valence-corrected chi connectivity index (χ4v) is 5.76. The van der Waals surface area contributed by atoms with Gasteiger partial charge < -0.3 is 15.5 Å². The number of thiophene rings is 1. The summed E-state index contributed by atoms with van der Waals surface area (Å²) in [6, 6.07) is 3.95. The fourth-order valence-electron chi connectivity index (χ4n) is 4.87. The largest absolute Gasteiger partial charge is 0.357 e. The van der Waals surface area contributed by atoms with E-state index < -0.39 is 0 Å². The van der Waals surface area contributed by atoms with Crippen molar-refractivity contribution in [2.24, 2.45) is 11.3 Å². The molecular weight excluding hydrogens is 398 g/mol. The number of aromatic amines is 1. The molecule has 0 radical (unpaired) electrons. The predicted molar refractivity (Wildman–Crippen MR) is 117 cm³/mol. The smallest absolute Gasteiger partial charge is 0.242 e. The Morgan fingerprint density at radius 1 is 1.33 bits per heavy atom. The molecule has 9 heteroatoms. The Hall–Kier alpha value is -2.68. The molecule has 2 aliphatic carbocycles. The van der Waals surface area contributed by atoms with Crippen LogP contribution in [0, 0.1) is 18.3 Å². The highest BCUT2D eigenvalue weighted by molar-refractivity contribution is 7.19. The van der Waals surface area contributed by atoms with Gasteiger partial charge in [-0.15, -0.1) is 11.3 Å². The molecule has 2 saturated carbocycles. The summed E-state index contributed by atoms with van der Waals surface area (Å²) in [7, 11) is 1.70. The van der Waals surface area contributed by atoms with Crippen molar-refractivity contribution in [1.82, 2.24) is 25.5 Å². The Balaban J connectivity index is 1.40. The average Bonchev–Trinajstić information content (AvgIpc) is 3.54. The number of piperidine rings is 1. The number of likely N-dealkylation sites (N-methyl/N-ethyl adjacent to an activating group) is 1. The Kier molecular flexibility index (Phi) is 3.72. The number of nitrogens with one attached hydrogen (secondary N) is 3. The molecule has 0 bridgehead atoms. The van der Waals surface area contributed by atoms with Crippen molar-refractivity contribution >= 4 is 45.0 Å². The van der Waals surface area contributed by atoms with Gasteiger partial charge in [0.25, 0.3) is 0 Å². The molecule has 0 unspecified atom stereocenters. The van der Waals surface area contributed by atoms with Crippen LogP contribution in [0.1, 0.15) is 42.7 Å². The van der Waals surface area contributed by atoms with E-state index in [1.807, 2.05) is 0 Å². The first-order chi connectivity index (χ1) is 14.4. The first-order valence-electron chi connectivity index (χ1n) is 10.5. The van der Waals surface area contributed by atoms with Crippen LogP contribution in [-0.2, 0) is 4.79 Å². The number of aryl methyl sites for hydroxylation is 1. The summed E-state index contributed by atoms with van der Waals surface area (Å²) in [6.45, 7) is 5.14. The quantitative estimate of drug-likeness (QED) is 0.582. The van der Waals surface area contributed by atoms with Crippen molar-refractivity contribution in [1.29, 1.82) is 0 Å². The highest BCUT2D eigenvalue weighted by Crippen LogP contribution is 2.61. The standard InChI is InChI=1S/C21H25N7OS/c1-10-6-14-17(30-10)18(24-15-7-13(26-27-15)11-4-5-11)25-20(23-14)28-9-21(2)8-12(21)16(28)19(29)22-3/h6-7,11-12,16H,4-5,8-9H2,1-3H3,(H,22,29)(H2,23,24,25,26,27)/t12-,16+,21+/m1/s1. The van der Waals surface area contributed by atoms with Crippen molar-refractivity contribution in [3.63, 3.8) is 0 Å². The summed E-state index contributed by atoms with van der Waals surface area (Å²) in [5, 5.41) is 13.8. The minimum atomic E-state index is -0.211. The maximum absolute atomic E-state index is 12.7. The van der Waals surface area contributed by atoms with Crippen molar-refractivity contribution in [3.05, 3.63) is 22.7 Å². The molecule has 3 N–H and O–H groups in total. The van der Waals surface area contributed by atoms with Crippen LogP contribution in [0.4, 0.5) is 17.6 Å². The van der Waals surface area contributed by atoms with Crippen molar-refractivity contribution in [2.45, 2.75) is 45.1 Å². The topological polar surface area (TPSA) is 98.8 Å². The van der Waals surface area contributed by atoms with E-state index in [0.717, 1.165) is 34.8 Å². The van der Waals surface area contributed by atoms with Crippen LogP contribution in [0.15, 0.2) is 12.1 Å². The number of aromatic nitrogens is 4. The zero-order valence-electron chi connectivity index (χ0n) is 17.3. The molecule has 8 nitrogen and oxygen atoms in total. The molecule has 3 aliphatic rings. The molecule has 3 fully saturated rings. The third kappa shape index (κ3) is 2.79. The highest BCUT2D eigenvalue weighted by atomic mass is 32.1. The number of anilines is 3. The zero-order valence-corrected chi connectivity index (χ0v) is 18.1. The first kappa shape index (κ1) is 18.1. The van der Waals surface area contributed by atoms with E-state index in [9.17, 15) is 4.79 Å². The maximum atomic E-state index is 12.7. The van der Waals surface area contributed by atoms with Gasteiger partial charge in [-0.25, -0.2) is 4.98 Å². The number of carbonyl (C=O) groups excluding carboxylic acids is 1. The van der Waals surface area contributed by atoms with Gasteiger partial charge in [0.2, 0.25) is 11.9 Å². The van der Waals surface area contributed by atoms with E-state index in [-0.39, 0.29) is 17.4 Å². The summed E-state index contributed by atoms with van der Waals surface area (Å²) in [5.74, 6) is 3.16. The molecule has 4 heterocycles. The van der Waals surface area contributed by atoms with E-state index >= 15 is 0 Å². The van der Waals surface area contributed by atoms with Gasteiger partial charge in [-0.1, -0.05) is 6.92 Å². The Bertz CT molecular complexity index is 1170. The molecule has 6 rings (SSSR count). The lowest BCUT2D eigenvalue weighted by Gasteiger charge is -2.27. The van der Waals surface area contributed by atoms with Crippen LogP contribution in [-0.4, -0.2) is 45.7 Å². The van der Waals surface area contributed by atoms with Crippen molar-refractivity contribution in [2.75, 3.05) is 23.8 Å². The molecule has 1 aliphatic heterocycles. The average molecular weight is 424 g/mol. The Labute approximate surface area is 178 Å². The first-order valence-corrected chi connectivity index (χ1v) is 11.4. The van der Waals surface area contributed by atoms with Gasteiger partial charge in [-0.05, 0) is 43.6 Å². The van der Waals surface area contributed by atoms with Gasteiger partial charge in [-0.3, -0.25) is 9.89 Å². The fraction of sp³-hybridized carbons (Fsp3) is 0.524. The number of hydrogen-bond donors (Lipinski definition) is 3. The minimum Gasteiger partial charge on any atom is -0.357 e. The molecule has 3 atom stereocenters. The number of rotatable bonds is 5. The summed E-state index contributed by atoms with van der Waals surface area (Å²) in [5.41, 5.74) is 2.26. The summed E-state index contributed by atoms with van der Waals surface area (Å²) >= 11 is 1.67. The molecule has 3 aromatic rings. The van der Waals surface area contributed by atoms with E-state index in [1.54, 1.807) is 18.4 Å². The summed E-state index contributed by atoms with van der Waals surface area (Å²) < 4.78 is 1.01. The second-order valence-corrected chi connectivity index (χ2v) is 10.5. The van der Waals surface area contributed by atoms with Crippen molar-refractivity contribution < 1.29 is 4.79 Å². The number of nitrogens with zero attached hydrogens (tertiary/aromatic N) is 4. The van der Waals surface area contributed by atoms with Crippen LogP contribution in [0.25, 0.3) is 10.2 Å². The Morgan fingerprint density at radius 3 is 2.93 bits per heavy atom. The number of amides is 1. The van der Waals surface area contributed by atoms with Gasteiger partial charge in [0.1, 0.15) is 6.04 Å². The van der Waals surface area contributed by atoms with Crippen LogP contribution in [0.2, 0.25) is 0 Å². The van der Waals surface area contributed by atoms with Crippen molar-refractivity contribution in [3.8, 4) is 0 Å². The monoisotopic (exact) mass is 423 g/mol. The van der Waals surface area contributed by atoms with Gasteiger partial charge in [-0.2, -0.15) is 10.1 Å². The van der Waals surface area contributed by atoms with Crippen LogP contribution in [0.5, 0.6) is 0 Å². The zero-order chi connectivity index (χ0) is 20.6. The Morgan fingerprint density at radius 2 is 2.17 bits per heavy atom. The van der Waals surface area contributed by atoms with Crippen LogP contribution >= 0.6 is 11.3 Å². The minimum absolute atomic E-state index is 0.0438. The lowest BCUT2D eigenvalue weighted by molar-refractivity contribution is -0.122. The summed E-state index contributed by atoms with van der Waals surface area (Å²) in [4.78, 5) is 25.7. The third-order valence-electron chi connectivity index (χ3n) is 6.79. The second-order valence-electron chi connectivity index (χ2n) is 9.20. The lowest BCUT2D eigenvalue weighted by Crippen LogP contribution is -2.45. The van der Waals surface area contributed by atoms with Gasteiger partial charge >= 0.3 is 0 Å². The van der Waals surface area contributed by atoms with Gasteiger partial charge in [0.05, 0.1) is 10.2 Å². The van der Waals surface area contributed by atoms with E-state index in [1.165, 1.54) is 23.4 Å². The predicted octanol–water partition coefficient (Wildman–Crippen LogP) is 3.30. The second kappa shape index (κ2) is 6.16. The van der Waals surface area contributed by atoms with E-state index in [2.05, 4.69) is 51.7 Å².